The number of nitriles is 1. The number of carbonyl (C=O) groups is 1. The van der Waals surface area contributed by atoms with Crippen molar-refractivity contribution >= 4 is 5.91 Å². The van der Waals surface area contributed by atoms with Gasteiger partial charge in [-0.05, 0) is 43.2 Å². The van der Waals surface area contributed by atoms with E-state index in [4.69, 9.17) is 14.7 Å². The minimum Gasteiger partial charge on any atom is -0.490 e. The second-order valence-electron chi connectivity index (χ2n) is 5.42. The molecule has 0 spiro atoms. The third-order valence-corrected chi connectivity index (χ3v) is 3.53. The molecule has 0 unspecified atom stereocenters. The molecule has 0 aliphatic carbocycles. The van der Waals surface area contributed by atoms with E-state index in [9.17, 15) is 4.79 Å². The highest BCUT2D eigenvalue weighted by Gasteiger charge is 2.05. The summed E-state index contributed by atoms with van der Waals surface area (Å²) in [6, 6.07) is 16.7. The van der Waals surface area contributed by atoms with Gasteiger partial charge in [-0.2, -0.15) is 5.26 Å². The number of ether oxygens (including phenoxy) is 2. The van der Waals surface area contributed by atoms with Crippen LogP contribution in [0.4, 0.5) is 0 Å². The summed E-state index contributed by atoms with van der Waals surface area (Å²) in [6.07, 6.45) is 1.02. The molecule has 2 aromatic carbocycles. The molecule has 0 saturated carbocycles. The molecule has 2 rings (SSSR count). The average molecular weight is 338 g/mol. The number of hydrogen-bond donors (Lipinski definition) is 1. The van der Waals surface area contributed by atoms with Crippen molar-refractivity contribution in [1.82, 2.24) is 5.32 Å². The molecule has 0 aliphatic rings. The lowest BCUT2D eigenvalue weighted by molar-refractivity contribution is -0.121. The van der Waals surface area contributed by atoms with Gasteiger partial charge < -0.3 is 14.8 Å². The molecule has 1 N–H and O–H groups in total. The number of benzene rings is 2. The minimum absolute atomic E-state index is 0.0222. The smallest absolute Gasteiger partial charge is 0.220 e. The maximum absolute atomic E-state index is 11.9. The van der Waals surface area contributed by atoms with Crippen molar-refractivity contribution in [3.63, 3.8) is 0 Å². The largest absolute Gasteiger partial charge is 0.490 e. The lowest BCUT2D eigenvalue weighted by Crippen LogP contribution is -2.22. The zero-order valence-corrected chi connectivity index (χ0v) is 14.3. The molecule has 1 amide bonds. The average Bonchev–Trinajstić information content (AvgIpc) is 2.65. The Morgan fingerprint density at radius 3 is 2.40 bits per heavy atom. The molecule has 130 valence electrons. The molecule has 2 aromatic rings. The fourth-order valence-electron chi connectivity index (χ4n) is 2.25. The lowest BCUT2D eigenvalue weighted by Gasteiger charge is -2.11. The molecule has 0 radical (unpaired) electrons. The summed E-state index contributed by atoms with van der Waals surface area (Å²) in [5, 5.41) is 11.6. The second-order valence-corrected chi connectivity index (χ2v) is 5.42. The van der Waals surface area contributed by atoms with Crippen molar-refractivity contribution in [1.29, 1.82) is 5.26 Å². The van der Waals surface area contributed by atoms with Gasteiger partial charge in [0.2, 0.25) is 5.91 Å². The van der Waals surface area contributed by atoms with Crippen molar-refractivity contribution in [2.45, 2.75) is 26.3 Å². The minimum atomic E-state index is -0.0222. The second kappa shape index (κ2) is 9.99. The highest BCUT2D eigenvalue weighted by Crippen LogP contribution is 2.26. The van der Waals surface area contributed by atoms with Crippen LogP contribution < -0.4 is 14.8 Å². The predicted molar refractivity (Wildman–Crippen MR) is 95.3 cm³/mol. The van der Waals surface area contributed by atoms with Gasteiger partial charge in [0.1, 0.15) is 0 Å². The summed E-state index contributed by atoms with van der Waals surface area (Å²) in [4.78, 5) is 11.9. The molecule has 0 fully saturated rings. The molecule has 0 atom stereocenters. The van der Waals surface area contributed by atoms with E-state index in [1.165, 1.54) is 0 Å². The monoisotopic (exact) mass is 338 g/mol. The van der Waals surface area contributed by atoms with Crippen molar-refractivity contribution in [3.05, 3.63) is 59.7 Å². The number of carbonyl (C=O) groups excluding carboxylic acids is 1. The van der Waals surface area contributed by atoms with Crippen LogP contribution in [0.3, 0.4) is 0 Å². The summed E-state index contributed by atoms with van der Waals surface area (Å²) in [6.45, 7) is 3.42. The van der Waals surface area contributed by atoms with Gasteiger partial charge in [0.05, 0.1) is 24.8 Å². The Kier molecular flexibility index (Phi) is 7.33. The summed E-state index contributed by atoms with van der Waals surface area (Å²) >= 11 is 0. The van der Waals surface area contributed by atoms with Crippen LogP contribution in [0.15, 0.2) is 48.5 Å². The normalized spacial score (nSPS) is 9.92. The fraction of sp³-hybridized carbons (Fsp3) is 0.300. The number of hydrogen-bond acceptors (Lipinski definition) is 4. The van der Waals surface area contributed by atoms with E-state index < -0.39 is 0 Å². The third kappa shape index (κ3) is 6.19. The van der Waals surface area contributed by atoms with E-state index >= 15 is 0 Å². The first kappa shape index (κ1) is 18.3. The van der Waals surface area contributed by atoms with Gasteiger partial charge in [0.25, 0.3) is 0 Å². The standard InChI is InChI=1S/C20H22N2O3/c1-2-24-18-6-3-4-7-19(18)25-13-5-8-20(23)22-15-17-11-9-16(14-21)10-12-17/h3-4,6-7,9-12H,2,5,8,13,15H2,1H3,(H,22,23). The summed E-state index contributed by atoms with van der Waals surface area (Å²) in [5.41, 5.74) is 1.58. The van der Waals surface area contributed by atoms with Crippen LogP contribution in [0.1, 0.15) is 30.9 Å². The summed E-state index contributed by atoms with van der Waals surface area (Å²) in [5.74, 6) is 1.39. The van der Waals surface area contributed by atoms with E-state index in [1.807, 2.05) is 43.3 Å². The first-order valence-electron chi connectivity index (χ1n) is 8.33. The molecular formula is C20H22N2O3. The lowest BCUT2D eigenvalue weighted by atomic mass is 10.1. The molecule has 0 aromatic heterocycles. The SMILES string of the molecule is CCOc1ccccc1OCCCC(=O)NCc1ccc(C#N)cc1. The van der Waals surface area contributed by atoms with Crippen molar-refractivity contribution in [2.24, 2.45) is 0 Å². The highest BCUT2D eigenvalue weighted by atomic mass is 16.5. The van der Waals surface area contributed by atoms with Crippen LogP contribution in [0.2, 0.25) is 0 Å². The first-order valence-corrected chi connectivity index (χ1v) is 8.33. The van der Waals surface area contributed by atoms with E-state index in [2.05, 4.69) is 11.4 Å². The van der Waals surface area contributed by atoms with Crippen molar-refractivity contribution < 1.29 is 14.3 Å². The zero-order chi connectivity index (χ0) is 17.9. The molecule has 0 saturated heterocycles. The van der Waals surface area contributed by atoms with Crippen molar-refractivity contribution in [3.8, 4) is 17.6 Å². The van der Waals surface area contributed by atoms with Gasteiger partial charge >= 0.3 is 0 Å². The van der Waals surface area contributed by atoms with Gasteiger partial charge in [0.15, 0.2) is 11.5 Å². The van der Waals surface area contributed by atoms with Crippen LogP contribution in [-0.4, -0.2) is 19.1 Å². The molecule has 5 nitrogen and oxygen atoms in total. The Morgan fingerprint density at radius 1 is 1.08 bits per heavy atom. The Bertz CT molecular complexity index is 720. The van der Waals surface area contributed by atoms with E-state index in [1.54, 1.807) is 12.1 Å². The van der Waals surface area contributed by atoms with Gasteiger partial charge in [-0.15, -0.1) is 0 Å². The van der Waals surface area contributed by atoms with Crippen LogP contribution in [0, 0.1) is 11.3 Å². The van der Waals surface area contributed by atoms with E-state index in [-0.39, 0.29) is 5.91 Å². The maximum atomic E-state index is 11.9. The Hall–Kier alpha value is -3.00. The van der Waals surface area contributed by atoms with Gasteiger partial charge in [-0.3, -0.25) is 4.79 Å². The molecule has 0 aliphatic heterocycles. The van der Waals surface area contributed by atoms with Crippen LogP contribution >= 0.6 is 0 Å². The van der Waals surface area contributed by atoms with Crippen LogP contribution in [0.25, 0.3) is 0 Å². The van der Waals surface area contributed by atoms with Crippen LogP contribution in [-0.2, 0) is 11.3 Å². The fourth-order valence-corrected chi connectivity index (χ4v) is 2.25. The quantitative estimate of drug-likeness (QED) is 0.711. The van der Waals surface area contributed by atoms with Gasteiger partial charge in [-0.25, -0.2) is 0 Å². The number of rotatable bonds is 9. The predicted octanol–water partition coefficient (Wildman–Crippen LogP) is 3.43. The molecule has 25 heavy (non-hydrogen) atoms. The topological polar surface area (TPSA) is 71.3 Å². The first-order chi connectivity index (χ1) is 12.2. The molecule has 0 heterocycles. The number of nitrogens with zero attached hydrogens (tertiary/aromatic N) is 1. The van der Waals surface area contributed by atoms with Crippen LogP contribution in [0.5, 0.6) is 11.5 Å². The Labute approximate surface area is 148 Å². The Balaban J connectivity index is 1.67. The molecule has 0 bridgehead atoms. The highest BCUT2D eigenvalue weighted by molar-refractivity contribution is 5.75. The molecule has 5 heteroatoms. The number of amides is 1. The summed E-state index contributed by atoms with van der Waals surface area (Å²) < 4.78 is 11.2. The number of nitrogens with one attached hydrogen (secondary N) is 1. The van der Waals surface area contributed by atoms with E-state index in [0.29, 0.717) is 43.9 Å². The Morgan fingerprint density at radius 2 is 1.76 bits per heavy atom. The van der Waals surface area contributed by atoms with E-state index in [0.717, 1.165) is 11.3 Å². The third-order valence-electron chi connectivity index (χ3n) is 3.53. The number of para-hydroxylation sites is 2. The van der Waals surface area contributed by atoms with Gasteiger partial charge in [-0.1, -0.05) is 24.3 Å². The summed E-state index contributed by atoms with van der Waals surface area (Å²) in [7, 11) is 0. The maximum Gasteiger partial charge on any atom is 0.220 e. The zero-order valence-electron chi connectivity index (χ0n) is 14.3. The van der Waals surface area contributed by atoms with Crippen molar-refractivity contribution in [2.75, 3.05) is 13.2 Å². The molecular weight excluding hydrogens is 316 g/mol. The van der Waals surface area contributed by atoms with Gasteiger partial charge in [0, 0.05) is 13.0 Å².